The first-order valence-electron chi connectivity index (χ1n) is 9.75. The van der Waals surface area contributed by atoms with Gasteiger partial charge in [0.15, 0.2) is 0 Å². The maximum absolute atomic E-state index is 13.2. The monoisotopic (exact) mass is 370 g/mol. The Hall–Kier alpha value is -2.34. The predicted molar refractivity (Wildman–Crippen MR) is 105 cm³/mol. The van der Waals surface area contributed by atoms with Crippen LogP contribution < -0.4 is 4.74 Å². The molecule has 0 spiro atoms. The van der Waals surface area contributed by atoms with E-state index in [1.54, 1.807) is 13.3 Å². The Morgan fingerprint density at radius 2 is 2.19 bits per heavy atom. The van der Waals surface area contributed by atoms with Crippen LogP contribution in [0.4, 0.5) is 0 Å². The Morgan fingerprint density at radius 1 is 1.33 bits per heavy atom. The standard InChI is InChI=1S/C21H30N4O2/c1-4-25-18(11-12-22-25)16-23(2)21(26)20-10-5-6-13-24(20)15-17-8-7-9-19(14-17)27-3/h7-9,11-12,14,20H,4-6,10,13,15-16H2,1-3H3. The fourth-order valence-corrected chi connectivity index (χ4v) is 3.82. The number of likely N-dealkylation sites (tertiary alicyclic amines) is 1. The van der Waals surface area contributed by atoms with Gasteiger partial charge >= 0.3 is 0 Å². The van der Waals surface area contributed by atoms with E-state index in [0.717, 1.165) is 50.3 Å². The van der Waals surface area contributed by atoms with Gasteiger partial charge in [0.05, 0.1) is 25.4 Å². The van der Waals surface area contributed by atoms with Gasteiger partial charge in [0, 0.05) is 26.3 Å². The Morgan fingerprint density at radius 3 is 2.96 bits per heavy atom. The average Bonchev–Trinajstić information content (AvgIpc) is 3.15. The summed E-state index contributed by atoms with van der Waals surface area (Å²) in [7, 11) is 3.58. The van der Waals surface area contributed by atoms with Crippen LogP contribution in [0.2, 0.25) is 0 Å². The van der Waals surface area contributed by atoms with E-state index in [4.69, 9.17) is 4.74 Å². The lowest BCUT2D eigenvalue weighted by Crippen LogP contribution is -2.49. The minimum Gasteiger partial charge on any atom is -0.497 e. The number of likely N-dealkylation sites (N-methyl/N-ethyl adjacent to an activating group) is 1. The second-order valence-electron chi connectivity index (χ2n) is 7.17. The minimum atomic E-state index is -0.0621. The number of hydrogen-bond donors (Lipinski definition) is 0. The number of rotatable bonds is 7. The average molecular weight is 370 g/mol. The van der Waals surface area contributed by atoms with Crippen LogP contribution in [-0.2, 0) is 24.4 Å². The molecule has 0 radical (unpaired) electrons. The maximum atomic E-state index is 13.2. The Balaban J connectivity index is 1.69. The van der Waals surface area contributed by atoms with E-state index < -0.39 is 0 Å². The number of nitrogens with zero attached hydrogens (tertiary/aromatic N) is 4. The summed E-state index contributed by atoms with van der Waals surface area (Å²) in [6, 6.07) is 10.0. The smallest absolute Gasteiger partial charge is 0.240 e. The molecule has 1 aliphatic heterocycles. The third kappa shape index (κ3) is 4.69. The van der Waals surface area contributed by atoms with Gasteiger partial charge in [-0.3, -0.25) is 14.4 Å². The van der Waals surface area contributed by atoms with E-state index in [1.165, 1.54) is 5.56 Å². The first-order valence-corrected chi connectivity index (χ1v) is 9.75. The molecule has 146 valence electrons. The Kier molecular flexibility index (Phi) is 6.50. The van der Waals surface area contributed by atoms with Gasteiger partial charge in [0.25, 0.3) is 0 Å². The van der Waals surface area contributed by atoms with Gasteiger partial charge < -0.3 is 9.64 Å². The van der Waals surface area contributed by atoms with Crippen LogP contribution in [0.1, 0.15) is 37.4 Å². The van der Waals surface area contributed by atoms with Crippen molar-refractivity contribution in [2.24, 2.45) is 0 Å². The third-order valence-corrected chi connectivity index (χ3v) is 5.30. The molecule has 1 amide bonds. The molecule has 0 saturated carbocycles. The number of aromatic nitrogens is 2. The van der Waals surface area contributed by atoms with E-state index in [9.17, 15) is 4.79 Å². The van der Waals surface area contributed by atoms with Crippen molar-refractivity contribution < 1.29 is 9.53 Å². The van der Waals surface area contributed by atoms with Crippen LogP contribution in [0.5, 0.6) is 5.75 Å². The first-order chi connectivity index (χ1) is 13.1. The van der Waals surface area contributed by atoms with Gasteiger partial charge in [-0.2, -0.15) is 5.10 Å². The number of methoxy groups -OCH3 is 1. The van der Waals surface area contributed by atoms with E-state index >= 15 is 0 Å². The maximum Gasteiger partial charge on any atom is 0.240 e. The van der Waals surface area contributed by atoms with E-state index in [0.29, 0.717) is 6.54 Å². The van der Waals surface area contributed by atoms with Gasteiger partial charge in [0.1, 0.15) is 5.75 Å². The summed E-state index contributed by atoms with van der Waals surface area (Å²) < 4.78 is 7.28. The van der Waals surface area contributed by atoms with Crippen LogP contribution in [0.15, 0.2) is 36.5 Å². The van der Waals surface area contributed by atoms with Crippen LogP contribution in [-0.4, -0.2) is 52.2 Å². The topological polar surface area (TPSA) is 50.6 Å². The highest BCUT2D eigenvalue weighted by molar-refractivity contribution is 5.81. The highest BCUT2D eigenvalue weighted by atomic mass is 16.5. The van der Waals surface area contributed by atoms with Crippen molar-refractivity contribution in [2.75, 3.05) is 20.7 Å². The predicted octanol–water partition coefficient (Wildman–Crippen LogP) is 2.92. The summed E-state index contributed by atoms with van der Waals surface area (Å²) in [6.45, 7) is 5.20. The number of carbonyl (C=O) groups excluding carboxylic acids is 1. The van der Waals surface area contributed by atoms with Gasteiger partial charge in [-0.05, 0) is 50.1 Å². The van der Waals surface area contributed by atoms with Crippen LogP contribution >= 0.6 is 0 Å². The molecular weight excluding hydrogens is 340 g/mol. The molecule has 6 heteroatoms. The summed E-state index contributed by atoms with van der Waals surface area (Å²) in [5, 5.41) is 4.30. The lowest BCUT2D eigenvalue weighted by Gasteiger charge is -2.36. The van der Waals surface area contributed by atoms with Crippen molar-refractivity contribution in [3.8, 4) is 5.75 Å². The highest BCUT2D eigenvalue weighted by Gasteiger charge is 2.31. The second-order valence-corrected chi connectivity index (χ2v) is 7.17. The lowest BCUT2D eigenvalue weighted by molar-refractivity contribution is -0.137. The zero-order valence-corrected chi connectivity index (χ0v) is 16.6. The minimum absolute atomic E-state index is 0.0621. The van der Waals surface area contributed by atoms with Gasteiger partial charge in [-0.15, -0.1) is 0 Å². The molecule has 1 aromatic carbocycles. The summed E-state index contributed by atoms with van der Waals surface area (Å²) in [5.74, 6) is 1.05. The van der Waals surface area contributed by atoms with Crippen molar-refractivity contribution in [1.82, 2.24) is 19.6 Å². The molecule has 3 rings (SSSR count). The Bertz CT molecular complexity index is 758. The molecule has 0 N–H and O–H groups in total. The third-order valence-electron chi connectivity index (χ3n) is 5.30. The fourth-order valence-electron chi connectivity index (χ4n) is 3.82. The number of piperidine rings is 1. The largest absolute Gasteiger partial charge is 0.497 e. The molecule has 2 heterocycles. The zero-order chi connectivity index (χ0) is 19.2. The number of carbonyl (C=O) groups is 1. The molecule has 6 nitrogen and oxygen atoms in total. The van der Waals surface area contributed by atoms with Gasteiger partial charge in [-0.25, -0.2) is 0 Å². The zero-order valence-electron chi connectivity index (χ0n) is 16.6. The number of hydrogen-bond acceptors (Lipinski definition) is 4. The number of ether oxygens (including phenoxy) is 1. The van der Waals surface area contributed by atoms with E-state index in [1.807, 2.05) is 34.8 Å². The number of benzene rings is 1. The van der Waals surface area contributed by atoms with Gasteiger partial charge in [0.2, 0.25) is 5.91 Å². The molecular formula is C21H30N4O2. The van der Waals surface area contributed by atoms with Gasteiger partial charge in [-0.1, -0.05) is 18.6 Å². The van der Waals surface area contributed by atoms with Crippen molar-refractivity contribution in [3.05, 3.63) is 47.8 Å². The molecule has 1 atom stereocenters. The summed E-state index contributed by atoms with van der Waals surface area (Å²) in [6.07, 6.45) is 4.96. The lowest BCUT2D eigenvalue weighted by atomic mass is 9.99. The summed E-state index contributed by atoms with van der Waals surface area (Å²) in [4.78, 5) is 17.3. The van der Waals surface area contributed by atoms with Crippen molar-refractivity contribution in [1.29, 1.82) is 0 Å². The molecule has 1 fully saturated rings. The Labute approximate surface area is 161 Å². The molecule has 27 heavy (non-hydrogen) atoms. The van der Waals surface area contributed by atoms with Crippen LogP contribution in [0.25, 0.3) is 0 Å². The second kappa shape index (κ2) is 9.04. The van der Waals surface area contributed by atoms with Crippen molar-refractivity contribution in [3.63, 3.8) is 0 Å². The fraction of sp³-hybridized carbons (Fsp3) is 0.524. The summed E-state index contributed by atoms with van der Waals surface area (Å²) in [5.41, 5.74) is 2.25. The molecule has 0 bridgehead atoms. The SMILES string of the molecule is CCn1nccc1CN(C)C(=O)C1CCCCN1Cc1cccc(OC)c1. The van der Waals surface area contributed by atoms with E-state index in [2.05, 4.69) is 29.1 Å². The van der Waals surface area contributed by atoms with E-state index in [-0.39, 0.29) is 11.9 Å². The molecule has 1 saturated heterocycles. The molecule has 1 aliphatic rings. The quantitative estimate of drug-likeness (QED) is 0.752. The van der Waals surface area contributed by atoms with Crippen molar-refractivity contribution >= 4 is 5.91 Å². The van der Waals surface area contributed by atoms with Crippen LogP contribution in [0, 0.1) is 0 Å². The number of aryl methyl sites for hydroxylation is 1. The molecule has 1 aromatic heterocycles. The van der Waals surface area contributed by atoms with Crippen molar-refractivity contribution in [2.45, 2.75) is 51.9 Å². The van der Waals surface area contributed by atoms with Crippen LogP contribution in [0.3, 0.4) is 0 Å². The summed E-state index contributed by atoms with van der Waals surface area (Å²) >= 11 is 0. The first kappa shape index (κ1) is 19.4. The highest BCUT2D eigenvalue weighted by Crippen LogP contribution is 2.23. The molecule has 0 aliphatic carbocycles. The number of amides is 1. The molecule has 1 unspecified atom stereocenters. The molecule has 2 aromatic rings. The normalized spacial score (nSPS) is 17.7.